The molecule has 17 heavy (non-hydrogen) atoms. The van der Waals surface area contributed by atoms with Gasteiger partial charge in [-0.1, -0.05) is 6.07 Å². The summed E-state index contributed by atoms with van der Waals surface area (Å²) in [5.74, 6) is 4.90. The van der Waals surface area contributed by atoms with Crippen LogP contribution < -0.4 is 16.6 Å². The van der Waals surface area contributed by atoms with E-state index in [9.17, 15) is 8.78 Å². The monoisotopic (exact) mass is 236 g/mol. The molecular weight excluding hydrogens is 226 g/mol. The highest BCUT2D eigenvalue weighted by molar-refractivity contribution is 5.58. The Kier molecular flexibility index (Phi) is 3.15. The standard InChI is InChI=1S/C11H10F2N4/c12-7-4-5-8(13)9(6-7)15-10-2-1-3-11(16-10)17-14/h1-6H,14H2,(H2,15,16,17). The minimum Gasteiger partial charge on any atom is -0.338 e. The average molecular weight is 236 g/mol. The minimum absolute atomic E-state index is 0.0201. The maximum absolute atomic E-state index is 13.3. The third kappa shape index (κ3) is 2.67. The van der Waals surface area contributed by atoms with E-state index < -0.39 is 11.6 Å². The number of nitrogens with zero attached hydrogens (tertiary/aromatic N) is 1. The summed E-state index contributed by atoms with van der Waals surface area (Å²) in [4.78, 5) is 4.02. The molecule has 0 aliphatic rings. The van der Waals surface area contributed by atoms with E-state index in [2.05, 4.69) is 15.7 Å². The van der Waals surface area contributed by atoms with Crippen molar-refractivity contribution in [3.8, 4) is 0 Å². The molecule has 0 saturated carbocycles. The van der Waals surface area contributed by atoms with Gasteiger partial charge in [0.25, 0.3) is 0 Å². The van der Waals surface area contributed by atoms with Gasteiger partial charge < -0.3 is 10.7 Å². The van der Waals surface area contributed by atoms with Crippen LogP contribution in [-0.2, 0) is 0 Å². The van der Waals surface area contributed by atoms with Crippen LogP contribution in [0.15, 0.2) is 36.4 Å². The van der Waals surface area contributed by atoms with Gasteiger partial charge in [-0.15, -0.1) is 0 Å². The van der Waals surface area contributed by atoms with Crippen molar-refractivity contribution in [3.63, 3.8) is 0 Å². The summed E-state index contributed by atoms with van der Waals surface area (Å²) in [5.41, 5.74) is 2.38. The SMILES string of the molecule is NNc1cccc(Nc2cc(F)ccc2F)n1. The van der Waals surface area contributed by atoms with Gasteiger partial charge in [0, 0.05) is 6.07 Å². The van der Waals surface area contributed by atoms with E-state index in [-0.39, 0.29) is 5.69 Å². The Morgan fingerprint density at radius 1 is 1.06 bits per heavy atom. The predicted octanol–water partition coefficient (Wildman–Crippen LogP) is 2.39. The van der Waals surface area contributed by atoms with Crippen LogP contribution in [0.3, 0.4) is 0 Å². The van der Waals surface area contributed by atoms with Crippen molar-refractivity contribution in [1.82, 2.24) is 4.98 Å². The van der Waals surface area contributed by atoms with Crippen molar-refractivity contribution in [2.75, 3.05) is 10.7 Å². The lowest BCUT2D eigenvalue weighted by atomic mass is 10.3. The smallest absolute Gasteiger partial charge is 0.146 e. The molecule has 0 atom stereocenters. The van der Waals surface area contributed by atoms with E-state index in [4.69, 9.17) is 5.84 Å². The molecule has 1 heterocycles. The van der Waals surface area contributed by atoms with E-state index in [1.165, 1.54) is 0 Å². The maximum Gasteiger partial charge on any atom is 0.146 e. The summed E-state index contributed by atoms with van der Waals surface area (Å²) < 4.78 is 26.3. The van der Waals surface area contributed by atoms with Crippen LogP contribution >= 0.6 is 0 Å². The number of pyridine rings is 1. The Morgan fingerprint density at radius 2 is 1.82 bits per heavy atom. The van der Waals surface area contributed by atoms with Crippen LogP contribution in [0, 0.1) is 11.6 Å². The molecule has 1 aromatic heterocycles. The molecule has 0 radical (unpaired) electrons. The van der Waals surface area contributed by atoms with Crippen LogP contribution in [0.25, 0.3) is 0 Å². The van der Waals surface area contributed by atoms with Gasteiger partial charge in [0.15, 0.2) is 0 Å². The number of nitrogens with one attached hydrogen (secondary N) is 2. The average Bonchev–Trinajstić information content (AvgIpc) is 2.34. The number of nitrogens with two attached hydrogens (primary N) is 1. The molecule has 4 N–H and O–H groups in total. The third-order valence-electron chi connectivity index (χ3n) is 2.09. The second-order valence-corrected chi connectivity index (χ2v) is 3.30. The van der Waals surface area contributed by atoms with Gasteiger partial charge in [0.05, 0.1) is 5.69 Å². The molecule has 0 bridgehead atoms. The number of nitrogen functional groups attached to an aromatic ring is 1. The molecule has 0 aliphatic heterocycles. The molecule has 1 aromatic carbocycles. The number of hydrogen-bond donors (Lipinski definition) is 3. The summed E-state index contributed by atoms with van der Waals surface area (Å²) in [7, 11) is 0. The molecule has 6 heteroatoms. The van der Waals surface area contributed by atoms with E-state index in [0.717, 1.165) is 18.2 Å². The van der Waals surface area contributed by atoms with E-state index in [0.29, 0.717) is 11.6 Å². The van der Waals surface area contributed by atoms with Gasteiger partial charge in [-0.25, -0.2) is 19.6 Å². The fourth-order valence-corrected chi connectivity index (χ4v) is 1.32. The molecule has 0 spiro atoms. The molecular formula is C11H10F2N4. The molecule has 0 unspecified atom stereocenters. The first-order valence-corrected chi connectivity index (χ1v) is 4.85. The number of aromatic nitrogens is 1. The van der Waals surface area contributed by atoms with Crippen molar-refractivity contribution in [2.45, 2.75) is 0 Å². The molecule has 0 fully saturated rings. The molecule has 88 valence electrons. The lowest BCUT2D eigenvalue weighted by molar-refractivity contribution is 0.603. The Labute approximate surface area is 96.4 Å². The molecule has 0 aliphatic carbocycles. The zero-order valence-corrected chi connectivity index (χ0v) is 8.74. The summed E-state index contributed by atoms with van der Waals surface area (Å²) in [6, 6.07) is 8.09. The van der Waals surface area contributed by atoms with Crippen molar-refractivity contribution in [1.29, 1.82) is 0 Å². The highest BCUT2D eigenvalue weighted by atomic mass is 19.1. The van der Waals surface area contributed by atoms with Gasteiger partial charge in [0.1, 0.15) is 23.3 Å². The summed E-state index contributed by atoms with van der Waals surface area (Å²) >= 11 is 0. The normalized spacial score (nSPS) is 10.1. The Morgan fingerprint density at radius 3 is 2.59 bits per heavy atom. The van der Waals surface area contributed by atoms with Crippen molar-refractivity contribution >= 4 is 17.3 Å². The van der Waals surface area contributed by atoms with Gasteiger partial charge in [-0.2, -0.15) is 0 Å². The van der Waals surface area contributed by atoms with Gasteiger partial charge in [-0.3, -0.25) is 0 Å². The van der Waals surface area contributed by atoms with Crippen LogP contribution in [0.2, 0.25) is 0 Å². The summed E-state index contributed by atoms with van der Waals surface area (Å²) in [6.07, 6.45) is 0. The van der Waals surface area contributed by atoms with Gasteiger partial charge in [-0.05, 0) is 24.3 Å². The van der Waals surface area contributed by atoms with Crippen molar-refractivity contribution in [3.05, 3.63) is 48.0 Å². The van der Waals surface area contributed by atoms with Gasteiger partial charge >= 0.3 is 0 Å². The summed E-state index contributed by atoms with van der Waals surface area (Å²) in [6.45, 7) is 0. The molecule has 0 saturated heterocycles. The number of anilines is 3. The van der Waals surface area contributed by atoms with E-state index in [1.54, 1.807) is 18.2 Å². The first kappa shape index (κ1) is 11.3. The highest BCUT2D eigenvalue weighted by Gasteiger charge is 2.05. The second kappa shape index (κ2) is 4.75. The maximum atomic E-state index is 13.3. The third-order valence-corrected chi connectivity index (χ3v) is 2.09. The zero-order valence-electron chi connectivity index (χ0n) is 8.74. The lowest BCUT2D eigenvalue weighted by Gasteiger charge is -2.08. The number of rotatable bonds is 3. The highest BCUT2D eigenvalue weighted by Crippen LogP contribution is 2.20. The first-order chi connectivity index (χ1) is 8.19. The number of benzene rings is 1. The second-order valence-electron chi connectivity index (χ2n) is 3.30. The fourth-order valence-electron chi connectivity index (χ4n) is 1.32. The largest absolute Gasteiger partial charge is 0.338 e. The van der Waals surface area contributed by atoms with Crippen molar-refractivity contribution in [2.24, 2.45) is 5.84 Å². The Hall–Kier alpha value is -2.21. The first-order valence-electron chi connectivity index (χ1n) is 4.85. The topological polar surface area (TPSA) is 63.0 Å². The zero-order chi connectivity index (χ0) is 12.3. The number of hydrogen-bond acceptors (Lipinski definition) is 4. The quantitative estimate of drug-likeness (QED) is 0.565. The lowest BCUT2D eigenvalue weighted by Crippen LogP contribution is -2.09. The van der Waals surface area contributed by atoms with Crippen LogP contribution in [-0.4, -0.2) is 4.98 Å². The fraction of sp³-hybridized carbons (Fsp3) is 0. The Balaban J connectivity index is 2.27. The van der Waals surface area contributed by atoms with Crippen LogP contribution in [0.1, 0.15) is 0 Å². The number of halogens is 2. The number of hydrazine groups is 1. The molecule has 4 nitrogen and oxygen atoms in total. The minimum atomic E-state index is -0.556. The van der Waals surface area contributed by atoms with Crippen LogP contribution in [0.5, 0.6) is 0 Å². The molecule has 2 rings (SSSR count). The van der Waals surface area contributed by atoms with E-state index in [1.807, 2.05) is 0 Å². The van der Waals surface area contributed by atoms with Gasteiger partial charge in [0.2, 0.25) is 0 Å². The van der Waals surface area contributed by atoms with E-state index >= 15 is 0 Å². The Bertz CT molecular complexity index is 531. The van der Waals surface area contributed by atoms with Crippen LogP contribution in [0.4, 0.5) is 26.1 Å². The predicted molar refractivity (Wildman–Crippen MR) is 61.7 cm³/mol. The molecule has 0 amide bonds. The summed E-state index contributed by atoms with van der Waals surface area (Å²) in [5, 5.41) is 2.67. The molecule has 2 aromatic rings. The van der Waals surface area contributed by atoms with Crippen molar-refractivity contribution < 1.29 is 8.78 Å².